The summed E-state index contributed by atoms with van der Waals surface area (Å²) in [7, 11) is 0. The number of nitrogens with zero attached hydrogens (tertiary/aromatic N) is 2. The summed E-state index contributed by atoms with van der Waals surface area (Å²) in [5.41, 5.74) is 0.424. The van der Waals surface area contributed by atoms with E-state index in [0.29, 0.717) is 16.1 Å². The highest BCUT2D eigenvalue weighted by atomic mass is 35.5. The number of carboxylic acid groups (broad SMARTS) is 1. The molecule has 190 valence electrons. The number of aliphatic carboxylic acids is 1. The highest BCUT2D eigenvalue weighted by molar-refractivity contribution is 6.30. The van der Waals surface area contributed by atoms with Crippen molar-refractivity contribution in [2.24, 2.45) is 5.41 Å². The summed E-state index contributed by atoms with van der Waals surface area (Å²) in [5, 5.41) is 25.3. The Balaban J connectivity index is 1.53. The lowest BCUT2D eigenvalue weighted by molar-refractivity contribution is -0.144. The number of hydrogen-bond donors (Lipinski definition) is 4. The van der Waals surface area contributed by atoms with Crippen LogP contribution >= 0.6 is 11.6 Å². The van der Waals surface area contributed by atoms with E-state index in [4.69, 9.17) is 11.6 Å². The molecule has 1 fully saturated rings. The van der Waals surface area contributed by atoms with Gasteiger partial charge in [0, 0.05) is 22.7 Å². The fraction of sp³-hybridized carbons (Fsp3) is 0.333. The van der Waals surface area contributed by atoms with Crippen LogP contribution in [0.3, 0.4) is 0 Å². The van der Waals surface area contributed by atoms with Crippen LogP contribution in [-0.4, -0.2) is 57.4 Å². The minimum absolute atomic E-state index is 0.0114. The van der Waals surface area contributed by atoms with Gasteiger partial charge in [0.05, 0.1) is 18.2 Å². The topological polar surface area (TPSA) is 120 Å². The summed E-state index contributed by atoms with van der Waals surface area (Å²) < 4.78 is 39.5. The first-order chi connectivity index (χ1) is 17.2. The van der Waals surface area contributed by atoms with Crippen LogP contribution in [0.25, 0.3) is 11.1 Å². The summed E-state index contributed by atoms with van der Waals surface area (Å²) in [6, 6.07) is 9.87. The highest BCUT2D eigenvalue weighted by Crippen LogP contribution is 2.50. The average Bonchev–Trinajstić information content (AvgIpc) is 3.26. The third kappa shape index (κ3) is 5.85. The second kappa shape index (κ2) is 10.7. The van der Waals surface area contributed by atoms with E-state index in [2.05, 4.69) is 26.0 Å². The number of aromatic nitrogens is 3. The largest absolute Gasteiger partial charge is 0.481 e. The number of hydrogen-bond acceptors (Lipinski definition) is 5. The Kier molecular flexibility index (Phi) is 7.60. The molecule has 2 aromatic carbocycles. The number of alkyl halides is 2. The fourth-order valence-electron chi connectivity index (χ4n) is 4.36. The lowest BCUT2D eigenvalue weighted by atomic mass is 9.91. The van der Waals surface area contributed by atoms with Gasteiger partial charge in [0.1, 0.15) is 5.82 Å². The van der Waals surface area contributed by atoms with Gasteiger partial charge in [0.15, 0.2) is 5.69 Å². The number of carbonyl (C=O) groups excluding carboxylic acids is 1. The number of H-pyrrole nitrogens is 1. The van der Waals surface area contributed by atoms with Crippen LogP contribution in [0, 0.1) is 11.2 Å². The van der Waals surface area contributed by atoms with Crippen molar-refractivity contribution in [3.63, 3.8) is 0 Å². The van der Waals surface area contributed by atoms with Crippen molar-refractivity contribution in [1.29, 1.82) is 0 Å². The Bertz CT molecular complexity index is 1230. The molecule has 3 atom stereocenters. The first-order valence-corrected chi connectivity index (χ1v) is 11.5. The molecule has 1 amide bonds. The molecule has 0 spiro atoms. The molecule has 36 heavy (non-hydrogen) atoms. The number of benzene rings is 2. The molecule has 1 aliphatic carbocycles. The van der Waals surface area contributed by atoms with Crippen molar-refractivity contribution >= 4 is 23.5 Å². The van der Waals surface area contributed by atoms with E-state index < -0.39 is 48.2 Å². The molecule has 1 heterocycles. The molecule has 0 radical (unpaired) electrons. The normalized spacial score (nSPS) is 19.8. The zero-order chi connectivity index (χ0) is 25.9. The Morgan fingerprint density at radius 1 is 1.22 bits per heavy atom. The molecule has 0 aliphatic heterocycles. The van der Waals surface area contributed by atoms with Crippen molar-refractivity contribution in [2.45, 2.75) is 37.8 Å². The van der Waals surface area contributed by atoms with Crippen molar-refractivity contribution in [2.75, 3.05) is 6.54 Å². The van der Waals surface area contributed by atoms with Crippen LogP contribution < -0.4 is 10.6 Å². The van der Waals surface area contributed by atoms with Gasteiger partial charge in [-0.25, -0.2) is 13.2 Å². The molecule has 0 bridgehead atoms. The van der Waals surface area contributed by atoms with Crippen LogP contribution in [0.1, 0.15) is 28.9 Å². The number of carboxylic acids is 1. The Labute approximate surface area is 209 Å². The quantitative estimate of drug-likeness (QED) is 0.305. The Hall–Kier alpha value is -3.44. The number of rotatable bonds is 11. The molecular weight excluding hydrogens is 499 g/mol. The first kappa shape index (κ1) is 25.6. The monoisotopic (exact) mass is 521 g/mol. The third-order valence-corrected chi connectivity index (χ3v) is 6.52. The van der Waals surface area contributed by atoms with Crippen LogP contribution in [-0.2, 0) is 11.2 Å². The average molecular weight is 522 g/mol. The number of carbonyl (C=O) groups is 2. The number of nitrogens with one attached hydrogen (secondary N) is 3. The molecule has 1 saturated carbocycles. The van der Waals surface area contributed by atoms with Gasteiger partial charge in [-0.15, -0.1) is 0 Å². The fourth-order valence-corrected chi connectivity index (χ4v) is 4.53. The minimum atomic E-state index is -2.61. The van der Waals surface area contributed by atoms with Gasteiger partial charge in [-0.05, 0) is 48.6 Å². The second-order valence-corrected chi connectivity index (χ2v) is 9.21. The molecule has 0 saturated heterocycles. The lowest BCUT2D eigenvalue weighted by Crippen LogP contribution is -2.42. The molecular formula is C24H23ClF3N5O3. The zero-order valence-electron chi connectivity index (χ0n) is 18.8. The molecule has 8 nitrogen and oxygen atoms in total. The van der Waals surface area contributed by atoms with Crippen molar-refractivity contribution in [3.05, 3.63) is 70.8 Å². The molecule has 1 unspecified atom stereocenters. The predicted molar refractivity (Wildman–Crippen MR) is 125 cm³/mol. The van der Waals surface area contributed by atoms with Crippen LogP contribution in [0.2, 0.25) is 5.02 Å². The smallest absolute Gasteiger partial charge is 0.311 e. The van der Waals surface area contributed by atoms with Gasteiger partial charge in [0.25, 0.3) is 12.3 Å². The summed E-state index contributed by atoms with van der Waals surface area (Å²) in [6.07, 6.45) is -0.950. The van der Waals surface area contributed by atoms with Crippen molar-refractivity contribution in [3.8, 4) is 11.1 Å². The molecule has 4 rings (SSSR count). The van der Waals surface area contributed by atoms with Crippen LogP contribution in [0.5, 0.6) is 0 Å². The number of halogens is 4. The Morgan fingerprint density at radius 2 is 1.97 bits per heavy atom. The van der Waals surface area contributed by atoms with E-state index >= 15 is 0 Å². The maximum absolute atomic E-state index is 14.2. The Morgan fingerprint density at radius 3 is 2.61 bits per heavy atom. The van der Waals surface area contributed by atoms with E-state index in [0.717, 1.165) is 5.56 Å². The van der Waals surface area contributed by atoms with E-state index in [1.165, 1.54) is 24.4 Å². The molecule has 4 N–H and O–H groups in total. The number of amides is 1. The molecule has 12 heteroatoms. The summed E-state index contributed by atoms with van der Waals surface area (Å²) in [5.74, 6) is -2.10. The van der Waals surface area contributed by atoms with Gasteiger partial charge >= 0.3 is 5.97 Å². The van der Waals surface area contributed by atoms with Crippen LogP contribution in [0.15, 0.2) is 48.7 Å². The van der Waals surface area contributed by atoms with Gasteiger partial charge in [-0.2, -0.15) is 15.4 Å². The SMILES string of the molecule is O=C(N[C@H](Cc1ccc(-c2cc(Cl)ccc2F)cc1)CC1(C(=O)O)C[C@H]1NCC(F)F)c1cn[nH]n1. The highest BCUT2D eigenvalue weighted by Gasteiger charge is 2.61. The minimum Gasteiger partial charge on any atom is -0.481 e. The standard InChI is InChI=1S/C24H23ClF3N5O3/c25-15-5-6-18(26)17(8-15)14-3-1-13(2-4-14)7-16(31-22(34)19-11-30-33-32-19)9-24(23(35)36)10-20(24)29-12-21(27)28/h1-6,8,11,16,20-21,29H,7,9-10,12H2,(H,31,34)(H,35,36)(H,30,32,33)/t16-,20-,24?/m1/s1. The van der Waals surface area contributed by atoms with Crippen LogP contribution in [0.4, 0.5) is 13.2 Å². The maximum Gasteiger partial charge on any atom is 0.311 e. The summed E-state index contributed by atoms with van der Waals surface area (Å²) in [4.78, 5) is 24.7. The summed E-state index contributed by atoms with van der Waals surface area (Å²) in [6.45, 7) is -0.614. The van der Waals surface area contributed by atoms with Gasteiger partial charge in [-0.1, -0.05) is 35.9 Å². The van der Waals surface area contributed by atoms with E-state index in [1.54, 1.807) is 24.3 Å². The van der Waals surface area contributed by atoms with Gasteiger partial charge in [0.2, 0.25) is 0 Å². The van der Waals surface area contributed by atoms with Crippen molar-refractivity contribution < 1.29 is 27.9 Å². The predicted octanol–water partition coefficient (Wildman–Crippen LogP) is 3.69. The molecule has 1 aliphatic rings. The van der Waals surface area contributed by atoms with Gasteiger partial charge in [-0.3, -0.25) is 9.59 Å². The molecule has 1 aromatic heterocycles. The second-order valence-electron chi connectivity index (χ2n) is 8.77. The van der Waals surface area contributed by atoms with Crippen molar-refractivity contribution in [1.82, 2.24) is 26.0 Å². The maximum atomic E-state index is 14.2. The van der Waals surface area contributed by atoms with E-state index in [-0.39, 0.29) is 25.0 Å². The lowest BCUT2D eigenvalue weighted by Gasteiger charge is -2.23. The molecule has 3 aromatic rings. The third-order valence-electron chi connectivity index (χ3n) is 6.29. The van der Waals surface area contributed by atoms with E-state index in [9.17, 15) is 27.9 Å². The van der Waals surface area contributed by atoms with E-state index in [1.807, 2.05) is 0 Å². The summed E-state index contributed by atoms with van der Waals surface area (Å²) >= 11 is 5.99. The first-order valence-electron chi connectivity index (χ1n) is 11.1. The van der Waals surface area contributed by atoms with Gasteiger partial charge < -0.3 is 15.7 Å². The number of aromatic amines is 1. The zero-order valence-corrected chi connectivity index (χ0v) is 19.6.